The zero-order chi connectivity index (χ0) is 23.9. The van der Waals surface area contributed by atoms with Gasteiger partial charge in [0.15, 0.2) is 35.7 Å². The standard InChI is InChI=1S/C28H25ClNO5.HI/c1-31-24-8-7-20-21(10-12-33-19-5-3-18(29)4-6-19)27-22-14-26-25(34-16-35-26)13-17(22)9-11-30(27)15-23(20)28(24)32-2;/h3-8,13-15H,9-12,16H2,1-2H3;1H/q+1;/p-1. The van der Waals surface area contributed by atoms with Gasteiger partial charge in [0.1, 0.15) is 5.75 Å². The summed E-state index contributed by atoms with van der Waals surface area (Å²) in [6.45, 7) is 1.63. The van der Waals surface area contributed by atoms with E-state index in [0.717, 1.165) is 46.7 Å². The van der Waals surface area contributed by atoms with Crippen LogP contribution < -0.4 is 52.2 Å². The maximum atomic E-state index is 6.10. The van der Waals surface area contributed by atoms with Gasteiger partial charge in [0, 0.05) is 28.8 Å². The lowest BCUT2D eigenvalue weighted by molar-refractivity contribution is -0.686. The van der Waals surface area contributed by atoms with Crippen LogP contribution in [0.15, 0.2) is 54.7 Å². The third-order valence-corrected chi connectivity index (χ3v) is 6.93. The van der Waals surface area contributed by atoms with Crippen LogP contribution in [-0.4, -0.2) is 27.6 Å². The summed E-state index contributed by atoms with van der Waals surface area (Å²) in [4.78, 5) is 0. The smallest absolute Gasteiger partial charge is 0.231 e. The highest BCUT2D eigenvalue weighted by molar-refractivity contribution is 6.30. The SMILES string of the molecule is COc1ccc2c(CCOc3ccc(Cl)cc3)c3[n+](cc2c1OC)CCc1cc2c(cc1-3)OCO2.[I-]. The van der Waals surface area contributed by atoms with Crippen LogP contribution >= 0.6 is 11.6 Å². The second-order valence-electron chi connectivity index (χ2n) is 8.58. The summed E-state index contributed by atoms with van der Waals surface area (Å²) in [5.41, 5.74) is 4.79. The molecule has 0 N–H and O–H groups in total. The van der Waals surface area contributed by atoms with Crippen molar-refractivity contribution in [3.8, 4) is 40.0 Å². The average molecular weight is 618 g/mol. The number of fused-ring (bicyclic) bond motifs is 5. The fourth-order valence-corrected chi connectivity index (χ4v) is 5.19. The molecule has 0 saturated heterocycles. The van der Waals surface area contributed by atoms with Crippen molar-refractivity contribution in [2.45, 2.75) is 19.4 Å². The van der Waals surface area contributed by atoms with E-state index >= 15 is 0 Å². The molecular formula is C28H25ClINO5. The second kappa shape index (κ2) is 10.2. The largest absolute Gasteiger partial charge is 1.00 e. The zero-order valence-electron chi connectivity index (χ0n) is 20.0. The van der Waals surface area contributed by atoms with Crippen molar-refractivity contribution >= 4 is 22.4 Å². The van der Waals surface area contributed by atoms with Gasteiger partial charge in [-0.05, 0) is 54.1 Å². The molecule has 1 aromatic heterocycles. The van der Waals surface area contributed by atoms with Gasteiger partial charge in [-0.3, -0.25) is 0 Å². The summed E-state index contributed by atoms with van der Waals surface area (Å²) in [7, 11) is 3.34. The molecule has 0 aliphatic carbocycles. The molecule has 0 fully saturated rings. The lowest BCUT2D eigenvalue weighted by atomic mass is 9.90. The first kappa shape index (κ1) is 24.8. The average Bonchev–Trinajstić information content (AvgIpc) is 3.34. The molecule has 8 heteroatoms. The maximum Gasteiger partial charge on any atom is 0.231 e. The van der Waals surface area contributed by atoms with Gasteiger partial charge in [-0.15, -0.1) is 0 Å². The number of aryl methyl sites for hydroxylation is 2. The lowest BCUT2D eigenvalue weighted by Crippen LogP contribution is -3.00. The Hall–Kier alpha value is -2.91. The molecule has 0 spiro atoms. The Labute approximate surface area is 231 Å². The number of halogens is 2. The molecule has 2 aliphatic rings. The van der Waals surface area contributed by atoms with E-state index < -0.39 is 0 Å². The Morgan fingerprint density at radius 2 is 1.72 bits per heavy atom. The minimum atomic E-state index is 0. The van der Waals surface area contributed by atoms with Gasteiger partial charge >= 0.3 is 0 Å². The molecule has 36 heavy (non-hydrogen) atoms. The van der Waals surface area contributed by atoms with E-state index in [1.807, 2.05) is 30.3 Å². The van der Waals surface area contributed by atoms with E-state index in [2.05, 4.69) is 29.0 Å². The van der Waals surface area contributed by atoms with Crippen LogP contribution in [-0.2, 0) is 19.4 Å². The van der Waals surface area contributed by atoms with Crippen LogP contribution in [0.3, 0.4) is 0 Å². The van der Waals surface area contributed by atoms with Crippen molar-refractivity contribution < 1.29 is 52.2 Å². The molecule has 0 radical (unpaired) electrons. The van der Waals surface area contributed by atoms with E-state index in [9.17, 15) is 0 Å². The molecule has 2 aliphatic heterocycles. The highest BCUT2D eigenvalue weighted by Gasteiger charge is 2.32. The first-order valence-corrected chi connectivity index (χ1v) is 12.0. The third kappa shape index (κ3) is 4.28. The van der Waals surface area contributed by atoms with Crippen molar-refractivity contribution in [2.75, 3.05) is 27.6 Å². The maximum absolute atomic E-state index is 6.10. The summed E-state index contributed by atoms with van der Waals surface area (Å²) >= 11 is 6.03. The van der Waals surface area contributed by atoms with Gasteiger partial charge in [0.2, 0.25) is 12.5 Å². The fraction of sp³-hybridized carbons (Fsp3) is 0.250. The van der Waals surface area contributed by atoms with E-state index in [4.69, 9.17) is 35.3 Å². The molecule has 0 atom stereocenters. The number of aromatic nitrogens is 1. The lowest BCUT2D eigenvalue weighted by Gasteiger charge is -2.21. The predicted molar refractivity (Wildman–Crippen MR) is 133 cm³/mol. The van der Waals surface area contributed by atoms with Crippen molar-refractivity contribution in [1.82, 2.24) is 0 Å². The van der Waals surface area contributed by atoms with E-state index in [1.165, 1.54) is 22.4 Å². The predicted octanol–water partition coefficient (Wildman–Crippen LogP) is 2.38. The molecule has 6 rings (SSSR count). The monoisotopic (exact) mass is 617 g/mol. The normalized spacial score (nSPS) is 13.0. The summed E-state index contributed by atoms with van der Waals surface area (Å²) in [6, 6.07) is 15.7. The topological polar surface area (TPSA) is 50.0 Å². The summed E-state index contributed by atoms with van der Waals surface area (Å²) < 4.78 is 31.1. The van der Waals surface area contributed by atoms with E-state index in [-0.39, 0.29) is 30.8 Å². The molecular weight excluding hydrogens is 593 g/mol. The number of hydrogen-bond donors (Lipinski definition) is 0. The van der Waals surface area contributed by atoms with Crippen LogP contribution in [0.2, 0.25) is 5.02 Å². The highest BCUT2D eigenvalue weighted by Crippen LogP contribution is 2.43. The minimum absolute atomic E-state index is 0. The van der Waals surface area contributed by atoms with Gasteiger partial charge in [-0.1, -0.05) is 11.6 Å². The van der Waals surface area contributed by atoms with Crippen molar-refractivity contribution in [3.63, 3.8) is 0 Å². The molecule has 6 nitrogen and oxygen atoms in total. The van der Waals surface area contributed by atoms with E-state index in [1.54, 1.807) is 14.2 Å². The van der Waals surface area contributed by atoms with Gasteiger partial charge in [0.05, 0.1) is 31.8 Å². The van der Waals surface area contributed by atoms with Crippen LogP contribution in [0.5, 0.6) is 28.7 Å². The van der Waals surface area contributed by atoms with Crippen LogP contribution in [0.4, 0.5) is 0 Å². The highest BCUT2D eigenvalue weighted by atomic mass is 127. The zero-order valence-corrected chi connectivity index (χ0v) is 22.9. The first-order chi connectivity index (χ1) is 17.2. The van der Waals surface area contributed by atoms with Gasteiger partial charge in [-0.25, -0.2) is 0 Å². The Balaban J connectivity index is 0.00000267. The Bertz CT molecular complexity index is 1440. The first-order valence-electron chi connectivity index (χ1n) is 11.6. The summed E-state index contributed by atoms with van der Waals surface area (Å²) in [5.74, 6) is 3.84. The number of hydrogen-bond acceptors (Lipinski definition) is 5. The van der Waals surface area contributed by atoms with Gasteiger partial charge in [0.25, 0.3) is 0 Å². The number of nitrogens with zero attached hydrogens (tertiary/aromatic N) is 1. The molecule has 186 valence electrons. The molecule has 0 saturated carbocycles. The molecule has 0 bridgehead atoms. The fourth-order valence-electron chi connectivity index (χ4n) is 5.06. The molecule has 0 unspecified atom stereocenters. The van der Waals surface area contributed by atoms with Crippen molar-refractivity contribution in [2.24, 2.45) is 0 Å². The Morgan fingerprint density at radius 3 is 2.47 bits per heavy atom. The van der Waals surface area contributed by atoms with Crippen molar-refractivity contribution in [3.05, 3.63) is 70.9 Å². The quantitative estimate of drug-likeness (QED) is 0.246. The number of pyridine rings is 1. The number of methoxy groups -OCH3 is 2. The second-order valence-corrected chi connectivity index (χ2v) is 9.01. The molecule has 3 aromatic carbocycles. The van der Waals surface area contributed by atoms with Crippen LogP contribution in [0.1, 0.15) is 11.1 Å². The van der Waals surface area contributed by atoms with Crippen LogP contribution in [0, 0.1) is 0 Å². The number of rotatable bonds is 6. The Morgan fingerprint density at radius 1 is 0.944 bits per heavy atom. The van der Waals surface area contributed by atoms with Crippen molar-refractivity contribution in [1.29, 1.82) is 0 Å². The Kier molecular flexibility index (Phi) is 7.03. The minimum Gasteiger partial charge on any atom is -1.00 e. The van der Waals surface area contributed by atoms with Gasteiger partial charge < -0.3 is 47.7 Å². The summed E-state index contributed by atoms with van der Waals surface area (Å²) in [5, 5.41) is 2.81. The molecule has 3 heterocycles. The van der Waals surface area contributed by atoms with Gasteiger partial charge in [-0.2, -0.15) is 4.57 Å². The molecule has 0 amide bonds. The third-order valence-electron chi connectivity index (χ3n) is 6.68. The number of benzene rings is 3. The number of ether oxygens (including phenoxy) is 5. The molecule has 4 aromatic rings. The van der Waals surface area contributed by atoms with E-state index in [0.29, 0.717) is 23.8 Å². The summed E-state index contributed by atoms with van der Waals surface area (Å²) in [6.07, 6.45) is 3.78. The van der Waals surface area contributed by atoms with Crippen LogP contribution in [0.25, 0.3) is 22.0 Å².